The maximum atomic E-state index is 10.7. The molecular formula is C12H16N2O3. The molecule has 0 N–H and O–H groups in total. The van der Waals surface area contributed by atoms with Crippen molar-refractivity contribution in [2.24, 2.45) is 0 Å². The number of ether oxygens (including phenoxy) is 2. The number of hydrogen-bond donors (Lipinski definition) is 0. The predicted molar refractivity (Wildman–Crippen MR) is 61.4 cm³/mol. The molecule has 5 nitrogen and oxygen atoms in total. The van der Waals surface area contributed by atoms with Crippen LogP contribution < -0.4 is 0 Å². The fraction of sp³-hybridized carbons (Fsp3) is 0.500. The van der Waals surface area contributed by atoms with E-state index in [-0.39, 0.29) is 0 Å². The summed E-state index contributed by atoms with van der Waals surface area (Å²) in [6, 6.07) is 5.71. The number of amides is 1. The predicted octanol–water partition coefficient (Wildman–Crippen LogP) is 0.412. The molecule has 2 rings (SSSR count). The van der Waals surface area contributed by atoms with Crippen LogP contribution in [-0.4, -0.2) is 49.7 Å². The summed E-state index contributed by atoms with van der Waals surface area (Å²) < 4.78 is 10.8. The Morgan fingerprint density at radius 2 is 2.29 bits per heavy atom. The molecule has 0 saturated carbocycles. The van der Waals surface area contributed by atoms with Crippen LogP contribution in [-0.2, 0) is 19.9 Å². The van der Waals surface area contributed by atoms with Crippen molar-refractivity contribution in [1.82, 2.24) is 9.88 Å². The lowest BCUT2D eigenvalue weighted by atomic mass is 9.90. The third-order valence-electron chi connectivity index (χ3n) is 2.86. The third-order valence-corrected chi connectivity index (χ3v) is 2.86. The summed E-state index contributed by atoms with van der Waals surface area (Å²) in [6.45, 7) is 2.14. The van der Waals surface area contributed by atoms with E-state index in [2.05, 4.69) is 4.98 Å². The maximum Gasteiger partial charge on any atom is 0.209 e. The van der Waals surface area contributed by atoms with Crippen molar-refractivity contribution in [2.75, 3.05) is 33.4 Å². The Labute approximate surface area is 100 Å². The van der Waals surface area contributed by atoms with Gasteiger partial charge in [-0.15, -0.1) is 0 Å². The Bertz CT molecular complexity index is 363. The lowest BCUT2D eigenvalue weighted by molar-refractivity contribution is -0.167. The van der Waals surface area contributed by atoms with Gasteiger partial charge in [0.15, 0.2) is 0 Å². The minimum Gasteiger partial charge on any atom is -0.382 e. The zero-order valence-corrected chi connectivity index (χ0v) is 9.83. The Kier molecular flexibility index (Phi) is 3.71. The molecule has 1 amide bonds. The average molecular weight is 236 g/mol. The molecule has 0 radical (unpaired) electrons. The number of rotatable bonds is 6. The molecule has 1 aliphatic heterocycles. The number of hydrogen-bond acceptors (Lipinski definition) is 4. The van der Waals surface area contributed by atoms with E-state index in [4.69, 9.17) is 9.47 Å². The molecule has 0 aromatic carbocycles. The van der Waals surface area contributed by atoms with Crippen LogP contribution in [0.4, 0.5) is 0 Å². The highest BCUT2D eigenvalue weighted by molar-refractivity contribution is 5.50. The van der Waals surface area contributed by atoms with E-state index in [0.29, 0.717) is 26.3 Å². The van der Waals surface area contributed by atoms with Crippen molar-refractivity contribution in [2.45, 2.75) is 5.60 Å². The highest BCUT2D eigenvalue weighted by atomic mass is 16.5. The van der Waals surface area contributed by atoms with Gasteiger partial charge in [-0.1, -0.05) is 6.07 Å². The van der Waals surface area contributed by atoms with Crippen LogP contribution in [0, 0.1) is 0 Å². The smallest absolute Gasteiger partial charge is 0.209 e. The lowest BCUT2D eigenvalue weighted by Gasteiger charge is -2.47. The van der Waals surface area contributed by atoms with Crippen molar-refractivity contribution in [3.05, 3.63) is 30.1 Å². The molecule has 0 spiro atoms. The highest BCUT2D eigenvalue weighted by Gasteiger charge is 2.46. The second kappa shape index (κ2) is 5.25. The number of aromatic nitrogens is 1. The van der Waals surface area contributed by atoms with Gasteiger partial charge in [-0.05, 0) is 12.1 Å². The standard InChI is InChI=1S/C12H16N2O3/c1-16-6-7-17-12(8-14(9-12)10-15)11-4-2-3-5-13-11/h2-5,10H,6-9H2,1H3. The normalized spacial score (nSPS) is 17.6. The van der Waals surface area contributed by atoms with Gasteiger partial charge in [-0.3, -0.25) is 9.78 Å². The van der Waals surface area contributed by atoms with E-state index in [1.807, 2.05) is 18.2 Å². The van der Waals surface area contributed by atoms with Gasteiger partial charge in [0, 0.05) is 13.3 Å². The van der Waals surface area contributed by atoms with Gasteiger partial charge in [-0.2, -0.15) is 0 Å². The van der Waals surface area contributed by atoms with Crippen LogP contribution in [0.5, 0.6) is 0 Å². The molecule has 17 heavy (non-hydrogen) atoms. The SMILES string of the molecule is COCCOC1(c2ccccn2)CN(C=O)C1. The molecule has 0 bridgehead atoms. The van der Waals surface area contributed by atoms with Crippen LogP contribution in [0.1, 0.15) is 5.69 Å². The lowest BCUT2D eigenvalue weighted by Crippen LogP contribution is -2.60. The van der Waals surface area contributed by atoms with E-state index in [1.165, 1.54) is 0 Å². The van der Waals surface area contributed by atoms with Gasteiger partial charge < -0.3 is 14.4 Å². The van der Waals surface area contributed by atoms with Crippen LogP contribution >= 0.6 is 0 Å². The molecule has 0 aliphatic carbocycles. The first kappa shape index (κ1) is 12.0. The van der Waals surface area contributed by atoms with Gasteiger partial charge in [0.1, 0.15) is 5.60 Å². The monoisotopic (exact) mass is 236 g/mol. The van der Waals surface area contributed by atoms with Gasteiger partial charge in [0.05, 0.1) is 32.0 Å². The highest BCUT2D eigenvalue weighted by Crippen LogP contribution is 2.33. The molecule has 1 saturated heterocycles. The Morgan fingerprint density at radius 3 is 2.88 bits per heavy atom. The van der Waals surface area contributed by atoms with Crippen molar-refractivity contribution in [3.8, 4) is 0 Å². The number of carbonyl (C=O) groups is 1. The molecule has 0 atom stereocenters. The third kappa shape index (κ3) is 2.45. The van der Waals surface area contributed by atoms with Crippen molar-refractivity contribution in [1.29, 1.82) is 0 Å². The molecule has 2 heterocycles. The molecular weight excluding hydrogens is 220 g/mol. The average Bonchev–Trinajstić information content (AvgIpc) is 2.33. The Balaban J connectivity index is 2.07. The molecule has 1 fully saturated rings. The summed E-state index contributed by atoms with van der Waals surface area (Å²) in [6.07, 6.45) is 2.57. The molecule has 1 aromatic heterocycles. The fourth-order valence-electron chi connectivity index (χ4n) is 1.96. The summed E-state index contributed by atoms with van der Waals surface area (Å²) >= 11 is 0. The van der Waals surface area contributed by atoms with E-state index >= 15 is 0 Å². The van der Waals surface area contributed by atoms with E-state index < -0.39 is 5.60 Å². The Morgan fingerprint density at radius 1 is 1.47 bits per heavy atom. The molecule has 1 aliphatic rings. The largest absolute Gasteiger partial charge is 0.382 e. The first-order valence-corrected chi connectivity index (χ1v) is 5.54. The van der Waals surface area contributed by atoms with E-state index in [0.717, 1.165) is 12.1 Å². The summed E-state index contributed by atoms with van der Waals surface area (Å²) in [4.78, 5) is 16.6. The first-order chi connectivity index (χ1) is 8.30. The Hall–Kier alpha value is -1.46. The zero-order valence-electron chi connectivity index (χ0n) is 9.83. The van der Waals surface area contributed by atoms with E-state index in [1.54, 1.807) is 18.2 Å². The summed E-state index contributed by atoms with van der Waals surface area (Å²) in [7, 11) is 1.63. The number of carbonyl (C=O) groups excluding carboxylic acids is 1. The number of pyridine rings is 1. The van der Waals surface area contributed by atoms with Gasteiger partial charge in [-0.25, -0.2) is 0 Å². The van der Waals surface area contributed by atoms with Crippen LogP contribution in [0.3, 0.4) is 0 Å². The molecule has 1 aromatic rings. The molecule has 0 unspecified atom stereocenters. The van der Waals surface area contributed by atoms with Crippen molar-refractivity contribution < 1.29 is 14.3 Å². The van der Waals surface area contributed by atoms with Gasteiger partial charge >= 0.3 is 0 Å². The second-order valence-electron chi connectivity index (χ2n) is 4.06. The second-order valence-corrected chi connectivity index (χ2v) is 4.06. The van der Waals surface area contributed by atoms with Gasteiger partial charge in [0.25, 0.3) is 0 Å². The van der Waals surface area contributed by atoms with Gasteiger partial charge in [0.2, 0.25) is 6.41 Å². The number of nitrogens with zero attached hydrogens (tertiary/aromatic N) is 2. The maximum absolute atomic E-state index is 10.7. The quantitative estimate of drug-likeness (QED) is 0.530. The van der Waals surface area contributed by atoms with Crippen molar-refractivity contribution in [3.63, 3.8) is 0 Å². The minimum absolute atomic E-state index is 0.458. The minimum atomic E-state index is -0.458. The van der Waals surface area contributed by atoms with Crippen LogP contribution in [0.15, 0.2) is 24.4 Å². The van der Waals surface area contributed by atoms with Crippen molar-refractivity contribution >= 4 is 6.41 Å². The first-order valence-electron chi connectivity index (χ1n) is 5.54. The number of likely N-dealkylation sites (tertiary alicyclic amines) is 1. The number of methoxy groups -OCH3 is 1. The molecule has 92 valence electrons. The summed E-state index contributed by atoms with van der Waals surface area (Å²) in [5.41, 5.74) is 0.412. The van der Waals surface area contributed by atoms with Crippen LogP contribution in [0.2, 0.25) is 0 Å². The van der Waals surface area contributed by atoms with Crippen LogP contribution in [0.25, 0.3) is 0 Å². The van der Waals surface area contributed by atoms with E-state index in [9.17, 15) is 4.79 Å². The molecule has 5 heteroatoms. The zero-order chi connectivity index (χ0) is 12.1. The summed E-state index contributed by atoms with van der Waals surface area (Å²) in [5, 5.41) is 0. The topological polar surface area (TPSA) is 51.7 Å². The fourth-order valence-corrected chi connectivity index (χ4v) is 1.96. The summed E-state index contributed by atoms with van der Waals surface area (Å²) in [5.74, 6) is 0.